The lowest BCUT2D eigenvalue weighted by Crippen LogP contribution is -2.35. The van der Waals surface area contributed by atoms with Gasteiger partial charge in [-0.2, -0.15) is 0 Å². The second-order valence-electron chi connectivity index (χ2n) is 9.04. The number of hydrogen-bond donors (Lipinski definition) is 0. The number of benzene rings is 3. The second-order valence-corrected chi connectivity index (χ2v) is 10.1. The maximum atomic E-state index is 12.4. The van der Waals surface area contributed by atoms with Gasteiger partial charge < -0.3 is 18.7 Å². The van der Waals surface area contributed by atoms with E-state index >= 15 is 0 Å². The summed E-state index contributed by atoms with van der Waals surface area (Å²) in [7, 11) is 2.78. The van der Waals surface area contributed by atoms with Crippen molar-refractivity contribution in [3.63, 3.8) is 0 Å². The van der Waals surface area contributed by atoms with Crippen molar-refractivity contribution in [2.45, 2.75) is 44.0 Å². The largest absolute Gasteiger partial charge is 0.469 e. The molecule has 0 heterocycles. The normalized spacial score (nSPS) is 11.6. The fourth-order valence-corrected chi connectivity index (χ4v) is 5.08. The number of anilines is 2. The molecule has 0 saturated carbocycles. The predicted octanol–water partition coefficient (Wildman–Crippen LogP) is 6.04. The number of fused-ring (bicyclic) bond motifs is 1. The minimum atomic E-state index is -0.333. The average molecular weight is 519 g/mol. The van der Waals surface area contributed by atoms with E-state index in [0.717, 1.165) is 27.0 Å². The molecule has 0 bridgehead atoms. The monoisotopic (exact) mass is 518 g/mol. The molecule has 6 nitrogen and oxygen atoms in total. The van der Waals surface area contributed by atoms with Crippen molar-refractivity contribution < 1.29 is 19.1 Å². The van der Waals surface area contributed by atoms with Crippen LogP contribution >= 0.6 is 11.9 Å². The third-order valence-corrected chi connectivity index (χ3v) is 7.23. The zero-order valence-corrected chi connectivity index (χ0v) is 22.9. The first kappa shape index (κ1) is 27.9. The molecule has 7 heteroatoms. The van der Waals surface area contributed by atoms with Gasteiger partial charge in [0.15, 0.2) is 0 Å². The van der Waals surface area contributed by atoms with Gasteiger partial charge >= 0.3 is 11.9 Å². The van der Waals surface area contributed by atoms with Crippen molar-refractivity contribution in [1.29, 1.82) is 0 Å². The molecule has 1 atom stereocenters. The summed E-state index contributed by atoms with van der Waals surface area (Å²) in [5.74, 6) is 2.53. The minimum Gasteiger partial charge on any atom is -0.469 e. The van der Waals surface area contributed by atoms with E-state index in [9.17, 15) is 9.59 Å². The van der Waals surface area contributed by atoms with E-state index in [2.05, 4.69) is 44.0 Å². The molecule has 0 radical (unpaired) electrons. The molecule has 194 valence electrons. The van der Waals surface area contributed by atoms with Crippen LogP contribution in [0.25, 0.3) is 10.8 Å². The van der Waals surface area contributed by atoms with Gasteiger partial charge in [-0.05, 0) is 54.6 Å². The molecule has 0 amide bonds. The van der Waals surface area contributed by atoms with Gasteiger partial charge in [0.25, 0.3) is 0 Å². The summed E-state index contributed by atoms with van der Waals surface area (Å²) in [5.41, 5.74) is 3.05. The molecule has 3 aromatic rings. The van der Waals surface area contributed by atoms with E-state index in [1.54, 1.807) is 0 Å². The smallest absolute Gasteiger partial charge is 0.326 e. The van der Waals surface area contributed by atoms with Crippen LogP contribution in [-0.2, 0) is 19.1 Å². The summed E-state index contributed by atoms with van der Waals surface area (Å²) < 4.78 is 11.8. The Bertz CT molecular complexity index is 1270. The minimum absolute atomic E-state index is 0.0727. The van der Waals surface area contributed by atoms with E-state index in [-0.39, 0.29) is 30.9 Å². The topological polar surface area (TPSA) is 59.1 Å². The molecule has 0 aliphatic rings. The number of terminal acetylenes is 1. The second kappa shape index (κ2) is 13.1. The van der Waals surface area contributed by atoms with Crippen LogP contribution in [0.4, 0.5) is 11.4 Å². The third kappa shape index (κ3) is 6.99. The summed E-state index contributed by atoms with van der Waals surface area (Å²) in [4.78, 5) is 27.4. The maximum absolute atomic E-state index is 12.4. The molecule has 37 heavy (non-hydrogen) atoms. The van der Waals surface area contributed by atoms with E-state index in [4.69, 9.17) is 15.9 Å². The van der Waals surface area contributed by atoms with Crippen LogP contribution < -0.4 is 9.21 Å². The Morgan fingerprint density at radius 1 is 0.892 bits per heavy atom. The number of hydrogen-bond acceptors (Lipinski definition) is 7. The first-order valence-corrected chi connectivity index (χ1v) is 13.0. The Labute approximate surface area is 224 Å². The highest BCUT2D eigenvalue weighted by atomic mass is 32.2. The van der Waals surface area contributed by atoms with Crippen LogP contribution in [0.2, 0.25) is 0 Å². The van der Waals surface area contributed by atoms with Crippen molar-refractivity contribution in [3.8, 4) is 12.3 Å². The predicted molar refractivity (Wildman–Crippen MR) is 152 cm³/mol. The van der Waals surface area contributed by atoms with Gasteiger partial charge in [-0.1, -0.05) is 56.2 Å². The molecule has 0 spiro atoms. The first-order valence-electron chi connectivity index (χ1n) is 12.2. The van der Waals surface area contributed by atoms with Crippen molar-refractivity contribution in [3.05, 3.63) is 66.2 Å². The number of carbonyl (C=O) groups is 2. The van der Waals surface area contributed by atoms with E-state index < -0.39 is 0 Å². The van der Waals surface area contributed by atoms with Crippen LogP contribution in [0.3, 0.4) is 0 Å². The SMILES string of the molecule is C#CCN(c1ccc(N(CC(=O)OC)Sc2ccc(C(C)C)cc2)c2ccccc12)[C@@H](C)CC(=O)OC. The molecular formula is C30H34N2O4S. The Morgan fingerprint density at radius 3 is 2.05 bits per heavy atom. The number of methoxy groups -OCH3 is 2. The lowest BCUT2D eigenvalue weighted by molar-refractivity contribution is -0.141. The maximum Gasteiger partial charge on any atom is 0.326 e. The lowest BCUT2D eigenvalue weighted by Gasteiger charge is -2.31. The fraction of sp³-hybridized carbons (Fsp3) is 0.333. The average Bonchev–Trinajstić information content (AvgIpc) is 2.90. The van der Waals surface area contributed by atoms with E-state index in [1.165, 1.54) is 31.7 Å². The van der Waals surface area contributed by atoms with E-state index in [0.29, 0.717) is 12.5 Å². The number of nitrogens with zero attached hydrogens (tertiary/aromatic N) is 2. The van der Waals surface area contributed by atoms with Gasteiger partial charge in [0, 0.05) is 27.4 Å². The summed E-state index contributed by atoms with van der Waals surface area (Å²) in [6.45, 7) is 6.69. The fourth-order valence-electron chi connectivity index (χ4n) is 4.14. The molecule has 0 aliphatic heterocycles. The van der Waals surface area contributed by atoms with Crippen molar-refractivity contribution in [1.82, 2.24) is 0 Å². The van der Waals surface area contributed by atoms with Crippen molar-refractivity contribution in [2.75, 3.05) is 36.5 Å². The zero-order valence-electron chi connectivity index (χ0n) is 22.1. The van der Waals surface area contributed by atoms with Crippen LogP contribution in [-0.4, -0.2) is 45.3 Å². The highest BCUT2D eigenvalue weighted by molar-refractivity contribution is 8.00. The van der Waals surface area contributed by atoms with Gasteiger partial charge in [0.2, 0.25) is 0 Å². The number of esters is 2. The van der Waals surface area contributed by atoms with Crippen LogP contribution in [0, 0.1) is 12.3 Å². The van der Waals surface area contributed by atoms with Gasteiger partial charge in [-0.3, -0.25) is 9.59 Å². The Balaban J connectivity index is 2.06. The van der Waals surface area contributed by atoms with Gasteiger partial charge in [-0.25, -0.2) is 0 Å². The zero-order chi connectivity index (χ0) is 26.9. The third-order valence-electron chi connectivity index (χ3n) is 6.20. The Kier molecular flexibility index (Phi) is 9.87. The molecule has 0 unspecified atom stereocenters. The quantitative estimate of drug-likeness (QED) is 0.174. The summed E-state index contributed by atoms with van der Waals surface area (Å²) in [5, 5.41) is 1.93. The number of carbonyl (C=O) groups excluding carboxylic acids is 2. The molecule has 0 saturated heterocycles. The molecule has 3 rings (SSSR count). The summed E-state index contributed by atoms with van der Waals surface area (Å²) in [6.07, 6.45) is 5.92. The first-order chi connectivity index (χ1) is 17.8. The lowest BCUT2D eigenvalue weighted by atomic mass is 10.0. The molecule has 0 N–H and O–H groups in total. The van der Waals surface area contributed by atoms with E-state index in [1.807, 2.05) is 52.5 Å². The summed E-state index contributed by atoms with van der Waals surface area (Å²) in [6, 6.07) is 20.2. The summed E-state index contributed by atoms with van der Waals surface area (Å²) >= 11 is 1.49. The number of ether oxygens (including phenoxy) is 2. The highest BCUT2D eigenvalue weighted by Gasteiger charge is 2.22. The van der Waals surface area contributed by atoms with Gasteiger partial charge in [0.1, 0.15) is 6.54 Å². The molecule has 0 aliphatic carbocycles. The van der Waals surface area contributed by atoms with Gasteiger partial charge in [-0.15, -0.1) is 6.42 Å². The van der Waals surface area contributed by atoms with Crippen molar-refractivity contribution in [2.24, 2.45) is 0 Å². The Morgan fingerprint density at radius 2 is 1.49 bits per heavy atom. The standard InChI is InChI=1S/C30H34N2O4S/c1-7-18-31(22(4)19-29(33)35-5)27-16-17-28(26-11-9-8-10-25(26)27)32(20-30(34)36-6)37-24-14-12-23(13-15-24)21(2)3/h1,8-17,21-22H,18-20H2,2-6H3/t22-/m0/s1. The molecule has 0 fully saturated rings. The molecule has 3 aromatic carbocycles. The Hall–Kier alpha value is -3.63. The van der Waals surface area contributed by atoms with Crippen LogP contribution in [0.15, 0.2) is 65.6 Å². The van der Waals surface area contributed by atoms with Crippen LogP contribution in [0.5, 0.6) is 0 Å². The molecule has 0 aromatic heterocycles. The highest BCUT2D eigenvalue weighted by Crippen LogP contribution is 2.39. The van der Waals surface area contributed by atoms with Crippen LogP contribution in [0.1, 0.15) is 38.7 Å². The van der Waals surface area contributed by atoms with Crippen molar-refractivity contribution >= 4 is 46.0 Å². The van der Waals surface area contributed by atoms with Gasteiger partial charge in [0.05, 0.1) is 32.9 Å². The molecular weight excluding hydrogens is 484 g/mol. The number of rotatable bonds is 11.